The maximum Gasteiger partial charge on any atom is 0.220 e. The van der Waals surface area contributed by atoms with Gasteiger partial charge in [-0.2, -0.15) is 0 Å². The number of hydrogen-bond donors (Lipinski definition) is 1. The van der Waals surface area contributed by atoms with Crippen molar-refractivity contribution in [3.8, 4) is 5.75 Å². The highest BCUT2D eigenvalue weighted by molar-refractivity contribution is 6.30. The first kappa shape index (κ1) is 19.3. The van der Waals surface area contributed by atoms with Gasteiger partial charge in [0.05, 0.1) is 6.61 Å². The number of carbonyl (C=O) groups excluding carboxylic acids is 1. The fourth-order valence-electron chi connectivity index (χ4n) is 2.64. The number of rotatable bonds is 9. The molecular formula is C21H26ClNO2. The molecule has 0 saturated carbocycles. The highest BCUT2D eigenvalue weighted by Crippen LogP contribution is 2.21. The Hall–Kier alpha value is -2.00. The third-order valence-electron chi connectivity index (χ3n) is 4.06. The Labute approximate surface area is 155 Å². The summed E-state index contributed by atoms with van der Waals surface area (Å²) in [6.45, 7) is 4.53. The summed E-state index contributed by atoms with van der Waals surface area (Å²) in [5, 5.41) is 3.76. The largest absolute Gasteiger partial charge is 0.493 e. The quantitative estimate of drug-likeness (QED) is 0.643. The van der Waals surface area contributed by atoms with E-state index in [1.165, 1.54) is 5.56 Å². The van der Waals surface area contributed by atoms with E-state index >= 15 is 0 Å². The fourth-order valence-corrected chi connectivity index (χ4v) is 2.86. The van der Waals surface area contributed by atoms with Crippen molar-refractivity contribution in [2.24, 2.45) is 0 Å². The number of halogens is 1. The first-order valence-electron chi connectivity index (χ1n) is 8.77. The lowest BCUT2D eigenvalue weighted by molar-refractivity contribution is -0.121. The molecule has 0 fully saturated rings. The van der Waals surface area contributed by atoms with Crippen molar-refractivity contribution in [2.75, 3.05) is 6.61 Å². The number of hydrogen-bond acceptors (Lipinski definition) is 2. The average Bonchev–Trinajstić information content (AvgIpc) is 2.59. The molecule has 0 spiro atoms. The van der Waals surface area contributed by atoms with Crippen LogP contribution in [0.25, 0.3) is 0 Å². The predicted octanol–water partition coefficient (Wildman–Crippen LogP) is 4.94. The lowest BCUT2D eigenvalue weighted by Gasteiger charge is -2.14. The van der Waals surface area contributed by atoms with Crippen molar-refractivity contribution in [2.45, 2.75) is 45.6 Å². The number of ether oxygens (including phenoxy) is 1. The molecule has 0 aliphatic heterocycles. The molecule has 0 aliphatic carbocycles. The monoisotopic (exact) mass is 359 g/mol. The van der Waals surface area contributed by atoms with Crippen LogP contribution in [0.1, 0.15) is 37.3 Å². The van der Waals surface area contributed by atoms with Gasteiger partial charge in [0.15, 0.2) is 0 Å². The van der Waals surface area contributed by atoms with Gasteiger partial charge in [-0.25, -0.2) is 0 Å². The van der Waals surface area contributed by atoms with Gasteiger partial charge < -0.3 is 10.1 Å². The second-order valence-corrected chi connectivity index (χ2v) is 6.79. The van der Waals surface area contributed by atoms with Crippen LogP contribution < -0.4 is 10.1 Å². The Bertz CT molecular complexity index is 673. The van der Waals surface area contributed by atoms with Gasteiger partial charge in [-0.05, 0) is 62.4 Å². The van der Waals surface area contributed by atoms with Crippen molar-refractivity contribution in [1.82, 2.24) is 5.32 Å². The van der Waals surface area contributed by atoms with E-state index in [-0.39, 0.29) is 11.9 Å². The van der Waals surface area contributed by atoms with E-state index in [0.717, 1.165) is 24.2 Å². The Morgan fingerprint density at radius 1 is 1.20 bits per heavy atom. The summed E-state index contributed by atoms with van der Waals surface area (Å²) in [5.74, 6) is 0.901. The molecular weight excluding hydrogens is 334 g/mol. The molecule has 2 aromatic carbocycles. The molecule has 0 radical (unpaired) electrons. The van der Waals surface area contributed by atoms with Gasteiger partial charge in [-0.3, -0.25) is 4.79 Å². The molecule has 0 aromatic heterocycles. The zero-order chi connectivity index (χ0) is 18.1. The third-order valence-corrected chi connectivity index (χ3v) is 4.29. The van der Waals surface area contributed by atoms with Crippen molar-refractivity contribution in [1.29, 1.82) is 0 Å². The van der Waals surface area contributed by atoms with E-state index in [2.05, 4.69) is 24.4 Å². The maximum absolute atomic E-state index is 12.0. The number of nitrogens with one attached hydrogen (secondary N) is 1. The van der Waals surface area contributed by atoms with Crippen LogP contribution in [0.4, 0.5) is 0 Å². The summed E-state index contributed by atoms with van der Waals surface area (Å²) in [6.07, 6.45) is 3.08. The Morgan fingerprint density at radius 3 is 2.68 bits per heavy atom. The van der Waals surface area contributed by atoms with Crippen molar-refractivity contribution < 1.29 is 9.53 Å². The third kappa shape index (κ3) is 7.18. The van der Waals surface area contributed by atoms with E-state index in [1.807, 2.05) is 43.3 Å². The molecule has 2 aromatic rings. The number of amides is 1. The SMILES string of the molecule is Cc1cc(Cl)ccc1OCCCC(=O)NC(C)CCc1ccccc1. The zero-order valence-corrected chi connectivity index (χ0v) is 15.7. The minimum Gasteiger partial charge on any atom is -0.493 e. The molecule has 0 heterocycles. The first-order chi connectivity index (χ1) is 12.0. The number of carbonyl (C=O) groups is 1. The molecule has 0 bridgehead atoms. The van der Waals surface area contributed by atoms with Gasteiger partial charge >= 0.3 is 0 Å². The zero-order valence-electron chi connectivity index (χ0n) is 14.9. The Kier molecular flexibility index (Phi) is 7.80. The summed E-state index contributed by atoms with van der Waals surface area (Å²) >= 11 is 5.92. The Balaban J connectivity index is 1.61. The highest BCUT2D eigenvalue weighted by atomic mass is 35.5. The fraction of sp³-hybridized carbons (Fsp3) is 0.381. The lowest BCUT2D eigenvalue weighted by Crippen LogP contribution is -2.32. The standard InChI is InChI=1S/C21H26ClNO2/c1-16-15-19(22)12-13-20(16)25-14-6-9-21(24)23-17(2)10-11-18-7-4-3-5-8-18/h3-5,7-8,12-13,15,17H,6,9-11,14H2,1-2H3,(H,23,24). The smallest absolute Gasteiger partial charge is 0.220 e. The average molecular weight is 360 g/mol. The van der Waals surface area contributed by atoms with E-state index in [0.29, 0.717) is 24.5 Å². The van der Waals surface area contributed by atoms with Gasteiger partial charge in [0.2, 0.25) is 5.91 Å². The molecule has 0 aliphatic rings. The lowest BCUT2D eigenvalue weighted by atomic mass is 10.1. The van der Waals surface area contributed by atoms with Crippen molar-refractivity contribution in [3.05, 3.63) is 64.7 Å². The molecule has 1 amide bonds. The van der Waals surface area contributed by atoms with Crippen LogP contribution in [0.3, 0.4) is 0 Å². The van der Waals surface area contributed by atoms with Gasteiger partial charge in [0.25, 0.3) is 0 Å². The number of benzene rings is 2. The normalized spacial score (nSPS) is 11.8. The molecule has 25 heavy (non-hydrogen) atoms. The van der Waals surface area contributed by atoms with Gasteiger partial charge in [0.1, 0.15) is 5.75 Å². The highest BCUT2D eigenvalue weighted by Gasteiger charge is 2.08. The molecule has 0 saturated heterocycles. The van der Waals surface area contributed by atoms with Gasteiger partial charge in [-0.15, -0.1) is 0 Å². The van der Waals surface area contributed by atoms with Crippen LogP contribution >= 0.6 is 11.6 Å². The molecule has 134 valence electrons. The van der Waals surface area contributed by atoms with Crippen LogP contribution in [-0.2, 0) is 11.2 Å². The Morgan fingerprint density at radius 2 is 1.96 bits per heavy atom. The van der Waals surface area contributed by atoms with Gasteiger partial charge in [-0.1, -0.05) is 41.9 Å². The van der Waals surface area contributed by atoms with Crippen LogP contribution in [0.15, 0.2) is 48.5 Å². The van der Waals surface area contributed by atoms with Crippen molar-refractivity contribution >= 4 is 17.5 Å². The first-order valence-corrected chi connectivity index (χ1v) is 9.14. The molecule has 1 atom stereocenters. The minimum atomic E-state index is 0.0805. The van der Waals surface area contributed by atoms with Gasteiger partial charge in [0, 0.05) is 17.5 Å². The summed E-state index contributed by atoms with van der Waals surface area (Å²) in [4.78, 5) is 12.0. The second kappa shape index (κ2) is 10.1. The van der Waals surface area contributed by atoms with Crippen LogP contribution in [-0.4, -0.2) is 18.6 Å². The van der Waals surface area contributed by atoms with Crippen LogP contribution in [0, 0.1) is 6.92 Å². The summed E-state index contributed by atoms with van der Waals surface area (Å²) in [5.41, 5.74) is 2.31. The summed E-state index contributed by atoms with van der Waals surface area (Å²) < 4.78 is 5.71. The molecule has 3 nitrogen and oxygen atoms in total. The summed E-state index contributed by atoms with van der Waals surface area (Å²) in [7, 11) is 0. The summed E-state index contributed by atoms with van der Waals surface area (Å²) in [6, 6.07) is 16.1. The van der Waals surface area contributed by atoms with E-state index in [4.69, 9.17) is 16.3 Å². The minimum absolute atomic E-state index is 0.0805. The van der Waals surface area contributed by atoms with Crippen LogP contribution in [0.5, 0.6) is 5.75 Å². The molecule has 4 heteroatoms. The van der Waals surface area contributed by atoms with E-state index in [1.54, 1.807) is 0 Å². The molecule has 1 unspecified atom stereocenters. The maximum atomic E-state index is 12.0. The van der Waals surface area contributed by atoms with E-state index < -0.39 is 0 Å². The van der Waals surface area contributed by atoms with E-state index in [9.17, 15) is 4.79 Å². The topological polar surface area (TPSA) is 38.3 Å². The number of aryl methyl sites for hydroxylation is 2. The molecule has 2 rings (SSSR count). The predicted molar refractivity (Wildman–Crippen MR) is 103 cm³/mol. The molecule has 1 N–H and O–H groups in total. The second-order valence-electron chi connectivity index (χ2n) is 6.35. The van der Waals surface area contributed by atoms with Crippen LogP contribution in [0.2, 0.25) is 5.02 Å². The van der Waals surface area contributed by atoms with Crippen molar-refractivity contribution in [3.63, 3.8) is 0 Å².